The van der Waals surface area contributed by atoms with Gasteiger partial charge in [-0.1, -0.05) is 84.9 Å². The molecule has 0 radical (unpaired) electrons. The zero-order valence-electron chi connectivity index (χ0n) is 41.3. The van der Waals surface area contributed by atoms with Crippen molar-refractivity contribution in [2.75, 3.05) is 9.80 Å². The third-order valence-electron chi connectivity index (χ3n) is 16.0. The number of benzene rings is 12. The van der Waals surface area contributed by atoms with Crippen LogP contribution in [0.15, 0.2) is 248 Å². The summed E-state index contributed by atoms with van der Waals surface area (Å²) in [6, 6.07) is 82.5. The number of hydrogen-bond donors (Lipinski definition) is 0. The average molecular weight is 1040 g/mol. The molecule has 0 aliphatic heterocycles. The van der Waals surface area contributed by atoms with Crippen molar-refractivity contribution >= 4 is 196 Å². The Morgan fingerprint density at radius 2 is 0.462 bits per heavy atom. The van der Waals surface area contributed by atoms with Gasteiger partial charge in [-0.05, 0) is 132 Å². The Bertz CT molecular complexity index is 5000. The van der Waals surface area contributed by atoms with Gasteiger partial charge in [0.2, 0.25) is 0 Å². The molecule has 6 heterocycles. The molecule has 0 amide bonds. The van der Waals surface area contributed by atoms with Crippen molar-refractivity contribution in [3.05, 3.63) is 231 Å². The highest BCUT2D eigenvalue weighted by Crippen LogP contribution is 2.48. The molecule has 0 N–H and O–H groups in total. The zero-order chi connectivity index (χ0) is 50.7. The van der Waals surface area contributed by atoms with E-state index in [-0.39, 0.29) is 0 Å². The Balaban J connectivity index is 0.751. The molecule has 0 bridgehead atoms. The van der Waals surface area contributed by atoms with Gasteiger partial charge in [0.1, 0.15) is 44.7 Å². The summed E-state index contributed by atoms with van der Waals surface area (Å²) in [7, 11) is 0. The standard InChI is InChI=1S/C70H38N2O4S2/c1-5-13-59-47(9-1)51-23-17-41(33-63(51)73-59)71(42-18-24-52-48-10-2-6-14-60(48)74-64(52)34-42)45-21-27-55-57-29-39-32-68-58(30-40(39)31-67(57)77-69(55)37-45)56-28-22-46(38-70(56)78-68)72(43-19-25-53-49-11-3-7-15-61(49)75-65(53)35-43)44-20-26-54-50-12-4-8-16-62(50)76-66(54)36-44/h1-38H. The molecule has 18 aromatic rings. The SMILES string of the molecule is c1ccc2c(c1)oc1cc(N(c3ccc4c(c3)oc3ccccc34)c3ccc4c(c3)sc3cc5cc6c(cc5cc34)sc3cc(N(c4ccc5c(c4)oc4ccccc45)c4ccc5c(c4)oc4ccccc45)ccc36)ccc12. The second-order valence-corrected chi connectivity index (χ2v) is 22.6. The van der Waals surface area contributed by atoms with Gasteiger partial charge in [-0.3, -0.25) is 0 Å². The van der Waals surface area contributed by atoms with Crippen molar-refractivity contribution in [1.82, 2.24) is 0 Å². The van der Waals surface area contributed by atoms with Gasteiger partial charge in [-0.15, -0.1) is 22.7 Å². The van der Waals surface area contributed by atoms with E-state index in [1.807, 2.05) is 71.2 Å². The Morgan fingerprint density at radius 1 is 0.205 bits per heavy atom. The van der Waals surface area contributed by atoms with E-state index in [4.69, 9.17) is 17.7 Å². The molecule has 0 atom stereocenters. The smallest absolute Gasteiger partial charge is 0.137 e. The highest BCUT2D eigenvalue weighted by atomic mass is 32.1. The lowest BCUT2D eigenvalue weighted by atomic mass is 10.0. The van der Waals surface area contributed by atoms with Crippen LogP contribution in [-0.4, -0.2) is 0 Å². The second kappa shape index (κ2) is 15.8. The maximum atomic E-state index is 6.46. The third-order valence-corrected chi connectivity index (χ3v) is 18.2. The van der Waals surface area contributed by atoms with Gasteiger partial charge in [-0.25, -0.2) is 0 Å². The number of furan rings is 4. The molecule has 0 spiro atoms. The second-order valence-electron chi connectivity index (χ2n) is 20.4. The first kappa shape index (κ1) is 42.4. The zero-order valence-corrected chi connectivity index (χ0v) is 42.9. The summed E-state index contributed by atoms with van der Waals surface area (Å²) in [5, 5.41) is 16.3. The van der Waals surface area contributed by atoms with E-state index in [9.17, 15) is 0 Å². The van der Waals surface area contributed by atoms with E-state index < -0.39 is 0 Å². The van der Waals surface area contributed by atoms with E-state index in [0.717, 1.165) is 122 Å². The predicted molar refractivity (Wildman–Crippen MR) is 328 cm³/mol. The van der Waals surface area contributed by atoms with Crippen molar-refractivity contribution in [1.29, 1.82) is 0 Å². The Kier molecular flexibility index (Phi) is 8.61. The van der Waals surface area contributed by atoms with Crippen LogP contribution < -0.4 is 9.80 Å². The van der Waals surface area contributed by atoms with Crippen LogP contribution in [0.25, 0.3) is 139 Å². The summed E-state index contributed by atoms with van der Waals surface area (Å²) in [4.78, 5) is 4.64. The Morgan fingerprint density at radius 3 is 0.782 bits per heavy atom. The van der Waals surface area contributed by atoms with Gasteiger partial charge < -0.3 is 27.5 Å². The molecule has 8 heteroatoms. The van der Waals surface area contributed by atoms with Crippen LogP contribution in [-0.2, 0) is 0 Å². The Labute approximate surface area is 450 Å². The summed E-state index contributed by atoms with van der Waals surface area (Å²) >= 11 is 3.69. The summed E-state index contributed by atoms with van der Waals surface area (Å²) in [6.07, 6.45) is 0. The first-order valence-electron chi connectivity index (χ1n) is 26.1. The summed E-state index contributed by atoms with van der Waals surface area (Å²) in [5.41, 5.74) is 13.0. The molecule has 12 aromatic carbocycles. The molecule has 0 saturated carbocycles. The number of nitrogens with zero attached hydrogens (tertiary/aromatic N) is 2. The lowest BCUT2D eigenvalue weighted by Gasteiger charge is -2.25. The largest absolute Gasteiger partial charge is 0.456 e. The molecule has 6 aromatic heterocycles. The highest BCUT2D eigenvalue weighted by molar-refractivity contribution is 7.26. The van der Waals surface area contributed by atoms with Gasteiger partial charge >= 0.3 is 0 Å². The number of thiophene rings is 2. The fraction of sp³-hybridized carbons (Fsp3) is 0. The van der Waals surface area contributed by atoms with Crippen LogP contribution in [0.2, 0.25) is 0 Å². The maximum Gasteiger partial charge on any atom is 0.137 e. The summed E-state index contributed by atoms with van der Waals surface area (Å²) in [6.45, 7) is 0. The normalized spacial score (nSPS) is 12.4. The van der Waals surface area contributed by atoms with Gasteiger partial charge in [0.15, 0.2) is 0 Å². The van der Waals surface area contributed by atoms with E-state index in [0.29, 0.717) is 0 Å². The average Bonchev–Trinajstić information content (AvgIpc) is 4.45. The van der Waals surface area contributed by atoms with Crippen LogP contribution in [0.3, 0.4) is 0 Å². The first-order valence-corrected chi connectivity index (χ1v) is 27.7. The summed E-state index contributed by atoms with van der Waals surface area (Å²) < 4.78 is 30.8. The molecule has 0 unspecified atom stereocenters. The van der Waals surface area contributed by atoms with Crippen LogP contribution in [0.1, 0.15) is 0 Å². The van der Waals surface area contributed by atoms with Crippen molar-refractivity contribution < 1.29 is 17.7 Å². The molecule has 6 nitrogen and oxygen atoms in total. The van der Waals surface area contributed by atoms with Crippen molar-refractivity contribution in [2.24, 2.45) is 0 Å². The monoisotopic (exact) mass is 1030 g/mol. The molecule has 78 heavy (non-hydrogen) atoms. The minimum absolute atomic E-state index is 0.850. The minimum atomic E-state index is 0.850. The molecule has 0 aliphatic carbocycles. The lowest BCUT2D eigenvalue weighted by Crippen LogP contribution is -2.09. The highest BCUT2D eigenvalue weighted by Gasteiger charge is 2.22. The minimum Gasteiger partial charge on any atom is -0.456 e. The quantitative estimate of drug-likeness (QED) is 0.165. The Hall–Kier alpha value is -9.86. The van der Waals surface area contributed by atoms with Crippen LogP contribution in [0, 0.1) is 0 Å². The van der Waals surface area contributed by atoms with Gasteiger partial charge in [0.05, 0.1) is 0 Å². The van der Waals surface area contributed by atoms with Gasteiger partial charge in [0.25, 0.3) is 0 Å². The number of fused-ring (bicyclic) bond motifs is 19. The van der Waals surface area contributed by atoms with Crippen molar-refractivity contribution in [3.63, 3.8) is 0 Å². The molecule has 364 valence electrons. The summed E-state index contributed by atoms with van der Waals surface area (Å²) in [5.74, 6) is 0. The predicted octanol–water partition coefficient (Wildman–Crippen LogP) is 22.1. The van der Waals surface area contributed by atoms with Crippen LogP contribution >= 0.6 is 22.7 Å². The van der Waals surface area contributed by atoms with Crippen molar-refractivity contribution in [2.45, 2.75) is 0 Å². The number of hydrogen-bond acceptors (Lipinski definition) is 8. The van der Waals surface area contributed by atoms with E-state index >= 15 is 0 Å². The molecule has 18 rings (SSSR count). The topological polar surface area (TPSA) is 59.0 Å². The van der Waals surface area contributed by atoms with E-state index in [1.165, 1.54) is 51.1 Å². The molecule has 0 aliphatic rings. The van der Waals surface area contributed by atoms with Gasteiger partial charge in [0, 0.05) is 142 Å². The van der Waals surface area contributed by atoms with Gasteiger partial charge in [-0.2, -0.15) is 0 Å². The van der Waals surface area contributed by atoms with Crippen molar-refractivity contribution in [3.8, 4) is 0 Å². The fourth-order valence-corrected chi connectivity index (χ4v) is 14.7. The number of anilines is 6. The third kappa shape index (κ3) is 6.24. The molecule has 0 saturated heterocycles. The van der Waals surface area contributed by atoms with E-state index in [2.05, 4.69) is 192 Å². The lowest BCUT2D eigenvalue weighted by molar-refractivity contribution is 0.668. The van der Waals surface area contributed by atoms with Crippen LogP contribution in [0.4, 0.5) is 34.1 Å². The molecular formula is C70H38N2O4S2. The first-order chi connectivity index (χ1) is 38.6. The van der Waals surface area contributed by atoms with E-state index in [1.54, 1.807) is 0 Å². The fourth-order valence-electron chi connectivity index (χ4n) is 12.4. The number of rotatable bonds is 6. The number of para-hydroxylation sites is 4. The molecule has 0 fully saturated rings. The van der Waals surface area contributed by atoms with Crippen LogP contribution in [0.5, 0.6) is 0 Å². The molecular weight excluding hydrogens is 997 g/mol. The maximum absolute atomic E-state index is 6.46.